The second-order valence-corrected chi connectivity index (χ2v) is 11.0. The number of hydrogen-bond donors (Lipinski definition) is 1. The van der Waals surface area contributed by atoms with E-state index in [9.17, 15) is 0 Å². The van der Waals surface area contributed by atoms with Crippen molar-refractivity contribution in [2.75, 3.05) is 4.93 Å². The van der Waals surface area contributed by atoms with E-state index in [-0.39, 0.29) is 22.0 Å². The molecule has 1 unspecified atom stereocenters. The Hall–Kier alpha value is -1.91. The van der Waals surface area contributed by atoms with Gasteiger partial charge in [0.15, 0.2) is 5.54 Å². The molecule has 2 aliphatic carbocycles. The smallest absolute Gasteiger partial charge is 0.153 e. The summed E-state index contributed by atoms with van der Waals surface area (Å²) in [5.41, 5.74) is 8.31. The van der Waals surface area contributed by atoms with Crippen molar-refractivity contribution in [2.45, 2.75) is 63.1 Å². The molecule has 0 amide bonds. The molecule has 7 rings (SSSR count). The van der Waals surface area contributed by atoms with Crippen LogP contribution < -0.4 is 4.90 Å². The highest BCUT2D eigenvalue weighted by Crippen LogP contribution is 2.63. The van der Waals surface area contributed by atoms with Crippen LogP contribution in [0.5, 0.6) is 0 Å². The zero-order valence-electron chi connectivity index (χ0n) is 21.7. The van der Waals surface area contributed by atoms with Gasteiger partial charge in [-0.1, -0.05) is 95.4 Å². The molecule has 3 heterocycles. The van der Waals surface area contributed by atoms with Crippen molar-refractivity contribution in [3.05, 3.63) is 120 Å². The van der Waals surface area contributed by atoms with E-state index in [0.29, 0.717) is 5.92 Å². The van der Waals surface area contributed by atoms with Crippen LogP contribution in [0.3, 0.4) is 0 Å². The standard InChI is InChI=1S/C30H31N.C2H4.CH3I/c1-21-27(2)23-13-7-8-14-24(23)28(3)25-15-9-10-16-26(25)30(21,31(27)28)20-19-29(17-18-29)22-11-5-4-6-12-22;2*1-2/h5,7-16,19-21H,4,6,17-18H2,1-3H3;1-2H2;1H3/p+1/t21-,27+,28+,30-;;/m0../s1. The van der Waals surface area contributed by atoms with E-state index in [1.807, 2.05) is 4.93 Å². The maximum absolute atomic E-state index is 3.00. The van der Waals surface area contributed by atoms with Gasteiger partial charge in [0.05, 0.1) is 5.92 Å². The van der Waals surface area contributed by atoms with Gasteiger partial charge in [-0.15, -0.1) is 13.2 Å². The summed E-state index contributed by atoms with van der Waals surface area (Å²) in [5, 5.41) is 0. The molecule has 0 bridgehead atoms. The zero-order chi connectivity index (χ0) is 25.1. The number of rotatable bonds is 3. The predicted octanol–water partition coefficient (Wildman–Crippen LogP) is 7.39. The van der Waals surface area contributed by atoms with Crippen LogP contribution in [0, 0.1) is 11.3 Å². The predicted molar refractivity (Wildman–Crippen MR) is 157 cm³/mol. The molecule has 1 saturated carbocycles. The van der Waals surface area contributed by atoms with Crippen LogP contribution in [0.4, 0.5) is 0 Å². The number of allylic oxidation sites excluding steroid dienone is 5. The molecule has 5 atom stereocenters. The van der Waals surface area contributed by atoms with Gasteiger partial charge in [0.1, 0.15) is 11.1 Å². The van der Waals surface area contributed by atoms with Crippen molar-refractivity contribution in [1.29, 1.82) is 0 Å². The van der Waals surface area contributed by atoms with E-state index in [4.69, 9.17) is 0 Å². The minimum Gasteiger partial charge on any atom is -0.302 e. The van der Waals surface area contributed by atoms with E-state index in [1.54, 1.807) is 27.2 Å². The fourth-order valence-electron chi connectivity index (χ4n) is 8.25. The molecule has 2 heteroatoms. The quantitative estimate of drug-likeness (QED) is 0.221. The summed E-state index contributed by atoms with van der Waals surface area (Å²) >= 11 is 2.15. The summed E-state index contributed by atoms with van der Waals surface area (Å²) in [6, 6.07) is 18.6. The average Bonchev–Trinajstić information content (AvgIpc) is 3.66. The highest BCUT2D eigenvalue weighted by molar-refractivity contribution is 14.1. The Morgan fingerprint density at radius 1 is 0.857 bits per heavy atom. The van der Waals surface area contributed by atoms with Gasteiger partial charge in [0.25, 0.3) is 0 Å². The topological polar surface area (TPSA) is 4.44 Å². The molecule has 0 spiro atoms. The van der Waals surface area contributed by atoms with Crippen LogP contribution in [0.2, 0.25) is 0 Å². The van der Waals surface area contributed by atoms with Crippen molar-refractivity contribution < 1.29 is 4.90 Å². The summed E-state index contributed by atoms with van der Waals surface area (Å²) in [4.78, 5) is 3.71. The first kappa shape index (κ1) is 24.8. The minimum atomic E-state index is 0.0273. The molecule has 0 radical (unpaired) electrons. The number of halogens is 1. The van der Waals surface area contributed by atoms with Crippen LogP contribution in [-0.2, 0) is 16.6 Å². The Balaban J connectivity index is 0.000000605. The van der Waals surface area contributed by atoms with E-state index >= 15 is 0 Å². The molecule has 2 fully saturated rings. The third kappa shape index (κ3) is 2.90. The van der Waals surface area contributed by atoms with Crippen molar-refractivity contribution in [3.63, 3.8) is 0 Å². The highest BCUT2D eigenvalue weighted by atomic mass is 127. The Morgan fingerprint density at radius 3 is 2.00 bits per heavy atom. The van der Waals surface area contributed by atoms with Crippen LogP contribution in [0.15, 0.2) is 97.6 Å². The number of benzene rings is 2. The lowest BCUT2D eigenvalue weighted by Gasteiger charge is -2.62. The molecule has 1 nitrogen and oxygen atoms in total. The van der Waals surface area contributed by atoms with Crippen LogP contribution in [-0.4, -0.2) is 4.93 Å². The molecule has 182 valence electrons. The second kappa shape index (κ2) is 8.59. The maximum atomic E-state index is 3.00. The fraction of sp³-hybridized carbons (Fsp3) is 0.394. The third-order valence-corrected chi connectivity index (χ3v) is 9.94. The first-order valence-electron chi connectivity index (χ1n) is 13.0. The summed E-state index contributed by atoms with van der Waals surface area (Å²) in [6.45, 7) is 13.5. The molecule has 5 aliphatic rings. The molecule has 1 saturated heterocycles. The Bertz CT molecular complexity index is 1230. The van der Waals surface area contributed by atoms with Crippen molar-refractivity contribution in [2.24, 2.45) is 11.3 Å². The van der Waals surface area contributed by atoms with Crippen molar-refractivity contribution in [3.8, 4) is 0 Å². The lowest BCUT2D eigenvalue weighted by Crippen LogP contribution is -3.33. The van der Waals surface area contributed by atoms with Crippen molar-refractivity contribution >= 4 is 22.6 Å². The Labute approximate surface area is 225 Å². The number of quaternary nitrogens is 1. The van der Waals surface area contributed by atoms with Crippen LogP contribution in [0.1, 0.15) is 68.7 Å². The number of hydrogen-bond acceptors (Lipinski definition) is 0. The molecule has 3 aliphatic heterocycles. The first-order valence-corrected chi connectivity index (χ1v) is 15.2. The van der Waals surface area contributed by atoms with Gasteiger partial charge in [-0.2, -0.15) is 0 Å². The molecule has 2 aromatic rings. The monoisotopic (exact) mass is 576 g/mol. The molecule has 0 aromatic heterocycles. The summed E-state index contributed by atoms with van der Waals surface area (Å²) in [5.74, 6) is 0.560. The third-order valence-electron chi connectivity index (χ3n) is 9.94. The van der Waals surface area contributed by atoms with Gasteiger partial charge in [-0.3, -0.25) is 0 Å². The lowest BCUT2D eigenvalue weighted by molar-refractivity contribution is -1.10. The maximum Gasteiger partial charge on any atom is 0.153 e. The zero-order valence-corrected chi connectivity index (χ0v) is 23.9. The van der Waals surface area contributed by atoms with Crippen LogP contribution in [0.25, 0.3) is 0 Å². The van der Waals surface area contributed by atoms with E-state index < -0.39 is 0 Å². The van der Waals surface area contributed by atoms with E-state index in [0.717, 1.165) is 0 Å². The highest BCUT2D eigenvalue weighted by Gasteiger charge is 2.83. The molecule has 1 N–H and O–H groups in total. The number of alkyl halides is 1. The Kier molecular flexibility index (Phi) is 6.08. The number of fused-ring (bicyclic) bond motifs is 6. The second-order valence-electron chi connectivity index (χ2n) is 11.0. The molecule has 35 heavy (non-hydrogen) atoms. The van der Waals surface area contributed by atoms with Gasteiger partial charge >= 0.3 is 0 Å². The molecular weight excluding hydrogens is 537 g/mol. The van der Waals surface area contributed by atoms with E-state index in [2.05, 4.69) is 135 Å². The van der Waals surface area contributed by atoms with Crippen molar-refractivity contribution in [1.82, 2.24) is 0 Å². The van der Waals surface area contributed by atoms with Gasteiger partial charge < -0.3 is 4.90 Å². The normalized spacial score (nSPS) is 35.9. The van der Waals surface area contributed by atoms with Gasteiger partial charge in [-0.25, -0.2) is 0 Å². The summed E-state index contributed by atoms with van der Waals surface area (Å²) in [6.07, 6.45) is 17.6. The largest absolute Gasteiger partial charge is 0.302 e. The fourth-order valence-corrected chi connectivity index (χ4v) is 8.25. The summed E-state index contributed by atoms with van der Waals surface area (Å²) < 4.78 is 0. The van der Waals surface area contributed by atoms with Gasteiger partial charge in [0.2, 0.25) is 0 Å². The molecular formula is C33H39IN+. The van der Waals surface area contributed by atoms with Gasteiger partial charge in [0, 0.05) is 27.7 Å². The van der Waals surface area contributed by atoms with E-state index in [1.165, 1.54) is 31.2 Å². The van der Waals surface area contributed by atoms with Crippen LogP contribution >= 0.6 is 22.6 Å². The average molecular weight is 577 g/mol. The number of nitrogens with one attached hydrogen (secondary N) is 1. The first-order chi connectivity index (χ1) is 17.0. The SMILES string of the molecule is C=C.CI.C[C@H]1[C@]2(C)c3ccccc3[C@]3(C)c4ccccc4[C@@]1(C=CC1(C4=CCCC=C4)CC1)[NH+]32. The minimum absolute atomic E-state index is 0.0273. The lowest BCUT2D eigenvalue weighted by atomic mass is 9.58. The Morgan fingerprint density at radius 2 is 1.43 bits per heavy atom. The summed E-state index contributed by atoms with van der Waals surface area (Å²) in [7, 11) is 0. The van der Waals surface area contributed by atoms with Gasteiger partial charge in [-0.05, 0) is 63.0 Å². The molecule has 2 aromatic carbocycles.